The van der Waals surface area contributed by atoms with Gasteiger partial charge in [0.1, 0.15) is 0 Å². The van der Waals surface area contributed by atoms with Crippen molar-refractivity contribution in [1.82, 2.24) is 10.2 Å². The molecule has 1 fully saturated rings. The molecule has 2 N–H and O–H groups in total. The zero-order valence-electron chi connectivity index (χ0n) is 15.2. The highest BCUT2D eigenvalue weighted by Gasteiger charge is 2.42. The maximum atomic E-state index is 12.9. The van der Waals surface area contributed by atoms with Crippen LogP contribution in [0.1, 0.15) is 46.8 Å². The van der Waals surface area contributed by atoms with E-state index in [1.165, 1.54) is 11.3 Å². The lowest BCUT2D eigenvalue weighted by atomic mass is 9.74. The Morgan fingerprint density at radius 1 is 1.07 bits per heavy atom. The van der Waals surface area contributed by atoms with Gasteiger partial charge in [-0.25, -0.2) is 0 Å². The van der Waals surface area contributed by atoms with Gasteiger partial charge >= 0.3 is 0 Å². The number of hydrogen-bond donors (Lipinski definition) is 2. The minimum absolute atomic E-state index is 0.0744. The third kappa shape index (κ3) is 2.60. The molecule has 5 nitrogen and oxygen atoms in total. The summed E-state index contributed by atoms with van der Waals surface area (Å²) in [5.74, 6) is 0.0562. The van der Waals surface area contributed by atoms with Gasteiger partial charge in [-0.05, 0) is 36.1 Å². The second kappa shape index (κ2) is 6.12. The molecule has 1 spiro atoms. The zero-order chi connectivity index (χ0) is 18.4. The summed E-state index contributed by atoms with van der Waals surface area (Å²) < 4.78 is 0. The van der Waals surface area contributed by atoms with Crippen LogP contribution in [0.2, 0.25) is 0 Å². The van der Waals surface area contributed by atoms with Gasteiger partial charge < -0.3 is 15.5 Å². The van der Waals surface area contributed by atoms with Gasteiger partial charge in [-0.1, -0.05) is 36.4 Å². The number of amides is 2. The highest BCUT2D eigenvalue weighted by molar-refractivity contribution is 5.99. The van der Waals surface area contributed by atoms with Crippen LogP contribution in [0.25, 0.3) is 0 Å². The number of piperidine rings is 1. The van der Waals surface area contributed by atoms with Crippen molar-refractivity contribution >= 4 is 17.5 Å². The van der Waals surface area contributed by atoms with E-state index in [1.807, 2.05) is 29.2 Å². The van der Waals surface area contributed by atoms with Crippen molar-refractivity contribution in [2.24, 2.45) is 0 Å². The Labute approximate surface area is 158 Å². The fourth-order valence-corrected chi connectivity index (χ4v) is 4.88. The Morgan fingerprint density at radius 3 is 2.67 bits per heavy atom. The molecule has 0 radical (unpaired) electrons. The van der Waals surface area contributed by atoms with Crippen LogP contribution >= 0.6 is 0 Å². The lowest BCUT2D eigenvalue weighted by molar-refractivity contribution is -0.133. The van der Waals surface area contributed by atoms with E-state index in [4.69, 9.17) is 0 Å². The number of nitrogens with zero attached hydrogens (tertiary/aromatic N) is 1. The van der Waals surface area contributed by atoms with Crippen molar-refractivity contribution < 1.29 is 9.59 Å². The molecule has 0 bridgehead atoms. The van der Waals surface area contributed by atoms with Crippen molar-refractivity contribution in [2.45, 2.75) is 30.7 Å². The van der Waals surface area contributed by atoms with Crippen molar-refractivity contribution in [1.29, 1.82) is 0 Å². The Kier molecular flexibility index (Phi) is 3.71. The second-order valence-electron chi connectivity index (χ2n) is 7.88. The number of nitrogens with one attached hydrogen (secondary N) is 2. The first-order valence-electron chi connectivity index (χ1n) is 9.67. The summed E-state index contributed by atoms with van der Waals surface area (Å²) in [6, 6.07) is 15.9. The van der Waals surface area contributed by atoms with Gasteiger partial charge in [0.25, 0.3) is 5.91 Å². The maximum Gasteiger partial charge on any atom is 0.252 e. The zero-order valence-corrected chi connectivity index (χ0v) is 15.2. The molecule has 0 aliphatic carbocycles. The molecule has 27 heavy (non-hydrogen) atoms. The summed E-state index contributed by atoms with van der Waals surface area (Å²) >= 11 is 0. The summed E-state index contributed by atoms with van der Waals surface area (Å²) in [6.45, 7) is 2.51. The molecule has 3 aliphatic rings. The molecule has 5 heteroatoms. The number of carbonyl (C=O) groups is 2. The first-order chi connectivity index (χ1) is 13.2. The largest absolute Gasteiger partial charge is 0.384 e. The molecule has 0 aromatic heterocycles. The van der Waals surface area contributed by atoms with Gasteiger partial charge in [-0.15, -0.1) is 0 Å². The van der Waals surface area contributed by atoms with Crippen molar-refractivity contribution in [3.05, 3.63) is 65.2 Å². The van der Waals surface area contributed by atoms with Gasteiger partial charge in [0.05, 0.1) is 12.5 Å². The van der Waals surface area contributed by atoms with Crippen molar-refractivity contribution in [2.75, 3.05) is 25.0 Å². The molecule has 3 heterocycles. The summed E-state index contributed by atoms with van der Waals surface area (Å²) in [7, 11) is 0. The number of benzene rings is 2. The predicted octanol–water partition coefficient (Wildman–Crippen LogP) is 2.85. The van der Waals surface area contributed by atoms with Gasteiger partial charge in [0.2, 0.25) is 5.91 Å². The van der Waals surface area contributed by atoms with E-state index < -0.39 is 0 Å². The molecule has 3 aliphatic heterocycles. The summed E-state index contributed by atoms with van der Waals surface area (Å²) in [5.41, 5.74) is 4.43. The fourth-order valence-electron chi connectivity index (χ4n) is 4.88. The van der Waals surface area contributed by atoms with Crippen LogP contribution in [0.15, 0.2) is 48.5 Å². The molecule has 1 atom stereocenters. The molecule has 2 aromatic rings. The molecule has 0 unspecified atom stereocenters. The number of carbonyl (C=O) groups excluding carboxylic acids is 2. The Morgan fingerprint density at radius 2 is 1.81 bits per heavy atom. The van der Waals surface area contributed by atoms with E-state index >= 15 is 0 Å². The number of anilines is 1. The average molecular weight is 361 g/mol. The summed E-state index contributed by atoms with van der Waals surface area (Å²) in [4.78, 5) is 26.9. The smallest absolute Gasteiger partial charge is 0.252 e. The van der Waals surface area contributed by atoms with Crippen LogP contribution in [-0.2, 0) is 10.2 Å². The van der Waals surface area contributed by atoms with Crippen LogP contribution in [0, 0.1) is 0 Å². The number of hydrogen-bond acceptors (Lipinski definition) is 3. The van der Waals surface area contributed by atoms with Gasteiger partial charge in [0.15, 0.2) is 0 Å². The van der Waals surface area contributed by atoms with Gasteiger partial charge in [-0.2, -0.15) is 0 Å². The Hall–Kier alpha value is -2.82. The van der Waals surface area contributed by atoms with E-state index in [1.54, 1.807) is 0 Å². The maximum absolute atomic E-state index is 12.9. The van der Waals surface area contributed by atoms with Crippen LogP contribution < -0.4 is 10.6 Å². The number of fused-ring (bicyclic) bond motifs is 3. The molecule has 138 valence electrons. The van der Waals surface area contributed by atoms with Crippen LogP contribution in [0.3, 0.4) is 0 Å². The van der Waals surface area contributed by atoms with Gasteiger partial charge in [-0.3, -0.25) is 9.59 Å². The van der Waals surface area contributed by atoms with E-state index in [0.717, 1.165) is 38.0 Å². The summed E-state index contributed by atoms with van der Waals surface area (Å²) in [5, 5.41) is 6.48. The standard InChI is InChI=1S/C22H23N3O2/c26-20(13-19-15-5-1-2-6-16(15)21(27)24-19)25-11-9-22(10-12-25)14-23-18-8-4-3-7-17(18)22/h1-8,19,23H,9-14H2,(H,24,27)/t19-/m0/s1. The number of para-hydroxylation sites is 1. The fraction of sp³-hybridized carbons (Fsp3) is 0.364. The second-order valence-corrected chi connectivity index (χ2v) is 7.88. The molecule has 2 aromatic carbocycles. The minimum atomic E-state index is -0.203. The van der Waals surface area contributed by atoms with E-state index in [9.17, 15) is 9.59 Å². The van der Waals surface area contributed by atoms with E-state index in [-0.39, 0.29) is 23.3 Å². The Bertz CT molecular complexity index is 915. The molecule has 2 amide bonds. The normalized spacial score (nSPS) is 22.1. The van der Waals surface area contributed by atoms with E-state index in [0.29, 0.717) is 12.0 Å². The highest BCUT2D eigenvalue weighted by atomic mass is 16.2. The first kappa shape index (κ1) is 16.4. The molecule has 5 rings (SSSR count). The average Bonchev–Trinajstić information content (AvgIpc) is 3.22. The monoisotopic (exact) mass is 361 g/mol. The first-order valence-corrected chi connectivity index (χ1v) is 9.67. The lowest BCUT2D eigenvalue weighted by Crippen LogP contribution is -2.46. The van der Waals surface area contributed by atoms with Crippen LogP contribution in [0.4, 0.5) is 5.69 Å². The molecular weight excluding hydrogens is 338 g/mol. The molecule has 0 saturated carbocycles. The van der Waals surface area contributed by atoms with Crippen molar-refractivity contribution in [3.8, 4) is 0 Å². The third-order valence-corrected chi connectivity index (χ3v) is 6.45. The van der Waals surface area contributed by atoms with E-state index in [2.05, 4.69) is 34.9 Å². The van der Waals surface area contributed by atoms with Crippen molar-refractivity contribution in [3.63, 3.8) is 0 Å². The molecule has 1 saturated heterocycles. The topological polar surface area (TPSA) is 61.4 Å². The molecular formula is C22H23N3O2. The summed E-state index contributed by atoms with van der Waals surface area (Å²) in [6.07, 6.45) is 2.30. The van der Waals surface area contributed by atoms with Crippen LogP contribution in [-0.4, -0.2) is 36.3 Å². The number of rotatable bonds is 2. The quantitative estimate of drug-likeness (QED) is 0.865. The SMILES string of the molecule is O=C1N[C@@H](CC(=O)N2CCC3(CC2)CNc2ccccc23)c2ccccc21. The lowest BCUT2D eigenvalue weighted by Gasteiger charge is -2.39. The predicted molar refractivity (Wildman–Crippen MR) is 104 cm³/mol. The minimum Gasteiger partial charge on any atom is -0.384 e. The van der Waals surface area contributed by atoms with Gasteiger partial charge in [0, 0.05) is 36.3 Å². The van der Waals surface area contributed by atoms with Crippen LogP contribution in [0.5, 0.6) is 0 Å². The Balaban J connectivity index is 1.26. The number of likely N-dealkylation sites (tertiary alicyclic amines) is 1. The third-order valence-electron chi connectivity index (χ3n) is 6.45. The highest BCUT2D eigenvalue weighted by Crippen LogP contribution is 2.44.